The van der Waals surface area contributed by atoms with Gasteiger partial charge in [-0.2, -0.15) is 5.10 Å². The second-order valence-electron chi connectivity index (χ2n) is 8.18. The van der Waals surface area contributed by atoms with Gasteiger partial charge >= 0.3 is 0 Å². The molecular formula is C23H28ClN5O2. The molecule has 1 N–H and O–H groups in total. The summed E-state index contributed by atoms with van der Waals surface area (Å²) in [6, 6.07) is 7.85. The van der Waals surface area contributed by atoms with Crippen molar-refractivity contribution in [1.29, 1.82) is 0 Å². The topological polar surface area (TPSA) is 72.3 Å². The molecule has 0 radical (unpaired) electrons. The highest BCUT2D eigenvalue weighted by Crippen LogP contribution is 2.29. The van der Waals surface area contributed by atoms with Crippen molar-refractivity contribution in [3.8, 4) is 0 Å². The van der Waals surface area contributed by atoms with Gasteiger partial charge in [-0.05, 0) is 30.5 Å². The number of fused-ring (bicyclic) bond motifs is 1. The van der Waals surface area contributed by atoms with Gasteiger partial charge < -0.3 is 10.1 Å². The van der Waals surface area contributed by atoms with Crippen LogP contribution < -0.4 is 5.32 Å². The minimum Gasteiger partial charge on any atom is -0.379 e. The Balaban J connectivity index is 1.53. The first-order valence-corrected chi connectivity index (χ1v) is 11.0. The number of pyridine rings is 1. The summed E-state index contributed by atoms with van der Waals surface area (Å²) in [7, 11) is 0. The number of rotatable bonds is 6. The van der Waals surface area contributed by atoms with Gasteiger partial charge in [0, 0.05) is 31.5 Å². The lowest BCUT2D eigenvalue weighted by Crippen LogP contribution is -2.38. The summed E-state index contributed by atoms with van der Waals surface area (Å²) in [5, 5.41) is 8.65. The molecule has 8 heteroatoms. The normalized spacial score (nSPS) is 15.0. The van der Waals surface area contributed by atoms with E-state index in [2.05, 4.69) is 34.1 Å². The number of aromatic nitrogens is 3. The molecule has 3 heterocycles. The Kier molecular flexibility index (Phi) is 6.55. The third-order valence-corrected chi connectivity index (χ3v) is 6.08. The number of aryl methyl sites for hydroxylation is 1. The van der Waals surface area contributed by atoms with E-state index in [1.165, 1.54) is 11.8 Å². The van der Waals surface area contributed by atoms with E-state index in [-0.39, 0.29) is 5.91 Å². The number of amides is 1. The van der Waals surface area contributed by atoms with Crippen molar-refractivity contribution in [3.63, 3.8) is 0 Å². The van der Waals surface area contributed by atoms with Crippen molar-refractivity contribution in [1.82, 2.24) is 19.7 Å². The monoisotopic (exact) mass is 441 g/mol. The summed E-state index contributed by atoms with van der Waals surface area (Å²) in [5.74, 6) is 0.158. The van der Waals surface area contributed by atoms with Crippen LogP contribution in [0.15, 0.2) is 30.5 Å². The maximum Gasteiger partial charge on any atom is 0.258 e. The molecule has 164 valence electrons. The van der Waals surface area contributed by atoms with Crippen molar-refractivity contribution in [2.45, 2.75) is 33.2 Å². The molecule has 0 spiro atoms. The fourth-order valence-corrected chi connectivity index (χ4v) is 4.16. The van der Waals surface area contributed by atoms with E-state index in [9.17, 15) is 4.79 Å². The second-order valence-corrected chi connectivity index (χ2v) is 8.56. The zero-order chi connectivity index (χ0) is 22.0. The second kappa shape index (κ2) is 9.34. The lowest BCUT2D eigenvalue weighted by Gasteiger charge is -2.26. The van der Waals surface area contributed by atoms with Crippen LogP contribution in [0.25, 0.3) is 11.0 Å². The number of ether oxygens (including phenoxy) is 1. The Morgan fingerprint density at radius 1 is 1.19 bits per heavy atom. The van der Waals surface area contributed by atoms with Crippen LogP contribution in [0.1, 0.15) is 41.4 Å². The quantitative estimate of drug-likeness (QED) is 0.623. The smallest absolute Gasteiger partial charge is 0.258 e. The number of benzene rings is 1. The lowest BCUT2D eigenvalue weighted by molar-refractivity contribution is 0.0361. The minimum absolute atomic E-state index is 0.280. The van der Waals surface area contributed by atoms with Gasteiger partial charge in [-0.15, -0.1) is 0 Å². The van der Waals surface area contributed by atoms with Crippen molar-refractivity contribution in [3.05, 3.63) is 52.3 Å². The molecule has 1 fully saturated rings. The third kappa shape index (κ3) is 4.74. The molecular weight excluding hydrogens is 414 g/mol. The predicted molar refractivity (Wildman–Crippen MR) is 123 cm³/mol. The molecule has 1 aromatic carbocycles. The van der Waals surface area contributed by atoms with Crippen LogP contribution in [0.4, 0.5) is 5.69 Å². The van der Waals surface area contributed by atoms with E-state index in [0.717, 1.165) is 49.6 Å². The molecule has 2 aromatic heterocycles. The molecule has 1 amide bonds. The predicted octanol–water partition coefficient (Wildman–Crippen LogP) is 4.10. The number of halogens is 1. The maximum absolute atomic E-state index is 12.9. The maximum atomic E-state index is 12.9. The Morgan fingerprint density at radius 3 is 2.58 bits per heavy atom. The molecule has 7 nitrogen and oxygen atoms in total. The zero-order valence-corrected chi connectivity index (χ0v) is 18.9. The van der Waals surface area contributed by atoms with E-state index in [0.29, 0.717) is 28.7 Å². The summed E-state index contributed by atoms with van der Waals surface area (Å²) < 4.78 is 7.28. The fraction of sp³-hybridized carbons (Fsp3) is 0.435. The minimum atomic E-state index is -0.280. The Bertz CT molecular complexity index is 1070. The molecule has 0 saturated carbocycles. The average Bonchev–Trinajstić information content (AvgIpc) is 3.10. The molecule has 3 aromatic rings. The van der Waals surface area contributed by atoms with Gasteiger partial charge in [0.25, 0.3) is 5.91 Å². The van der Waals surface area contributed by atoms with E-state index in [1.807, 2.05) is 35.9 Å². The fourth-order valence-electron chi connectivity index (χ4n) is 3.80. The number of hydrogen-bond acceptors (Lipinski definition) is 5. The first-order chi connectivity index (χ1) is 14.9. The van der Waals surface area contributed by atoms with Crippen LogP contribution in [0.5, 0.6) is 0 Å². The van der Waals surface area contributed by atoms with E-state index in [1.54, 1.807) is 0 Å². The zero-order valence-electron chi connectivity index (χ0n) is 18.2. The van der Waals surface area contributed by atoms with Gasteiger partial charge in [-0.3, -0.25) is 9.69 Å². The number of nitrogens with zero attached hydrogens (tertiary/aromatic N) is 4. The molecule has 31 heavy (non-hydrogen) atoms. The molecule has 0 unspecified atom stereocenters. The van der Waals surface area contributed by atoms with Crippen molar-refractivity contribution < 1.29 is 9.53 Å². The number of hydrogen-bond donors (Lipinski definition) is 1. The van der Waals surface area contributed by atoms with Crippen molar-refractivity contribution in [2.75, 3.05) is 38.2 Å². The molecule has 0 atom stereocenters. The first kappa shape index (κ1) is 21.7. The van der Waals surface area contributed by atoms with Crippen LogP contribution >= 0.6 is 11.6 Å². The molecule has 1 aliphatic rings. The molecule has 4 rings (SSSR count). The van der Waals surface area contributed by atoms with E-state index in [4.69, 9.17) is 16.3 Å². The van der Waals surface area contributed by atoms with Crippen molar-refractivity contribution in [2.24, 2.45) is 0 Å². The molecule has 1 aliphatic heterocycles. The van der Waals surface area contributed by atoms with Crippen LogP contribution in [-0.4, -0.2) is 58.4 Å². The van der Waals surface area contributed by atoms with Crippen LogP contribution in [-0.2, 0) is 11.3 Å². The van der Waals surface area contributed by atoms with Gasteiger partial charge in [0.05, 0.1) is 41.4 Å². The van der Waals surface area contributed by atoms with Gasteiger partial charge in [0.2, 0.25) is 0 Å². The van der Waals surface area contributed by atoms with Gasteiger partial charge in [0.1, 0.15) is 0 Å². The summed E-state index contributed by atoms with van der Waals surface area (Å²) in [6.07, 6.45) is 1.54. The third-order valence-electron chi connectivity index (χ3n) is 5.68. The summed E-state index contributed by atoms with van der Waals surface area (Å²) in [5.41, 5.74) is 3.76. The lowest BCUT2D eigenvalue weighted by atomic mass is 10.0. The van der Waals surface area contributed by atoms with E-state index < -0.39 is 0 Å². The van der Waals surface area contributed by atoms with Gasteiger partial charge in [-0.25, -0.2) is 9.67 Å². The van der Waals surface area contributed by atoms with Crippen molar-refractivity contribution >= 4 is 34.2 Å². The average molecular weight is 442 g/mol. The highest BCUT2D eigenvalue weighted by atomic mass is 35.5. The molecule has 0 aliphatic carbocycles. The number of carbonyl (C=O) groups excluding carboxylic acids is 1. The van der Waals surface area contributed by atoms with Crippen LogP contribution in [0.2, 0.25) is 5.02 Å². The highest BCUT2D eigenvalue weighted by Gasteiger charge is 2.20. The Hall–Kier alpha value is -2.48. The first-order valence-electron chi connectivity index (χ1n) is 10.7. The SMILES string of the molecule is Cc1nn(CCN2CCOCC2)c2ncc(C(=O)Nc3ccc(C(C)C)cc3)c(Cl)c12. The molecule has 1 saturated heterocycles. The summed E-state index contributed by atoms with van der Waals surface area (Å²) in [4.78, 5) is 19.8. The number of morpholine rings is 1. The largest absolute Gasteiger partial charge is 0.379 e. The number of nitrogens with one attached hydrogen (secondary N) is 1. The summed E-state index contributed by atoms with van der Waals surface area (Å²) in [6.45, 7) is 11.1. The number of carbonyl (C=O) groups is 1. The Morgan fingerprint density at radius 2 is 1.90 bits per heavy atom. The van der Waals surface area contributed by atoms with E-state index >= 15 is 0 Å². The number of anilines is 1. The molecule has 0 bridgehead atoms. The standard InChI is InChI=1S/C23H28ClN5O2/c1-15(2)17-4-6-18(7-5-17)26-23(30)19-14-25-22-20(21(19)24)16(3)27-29(22)9-8-28-10-12-31-13-11-28/h4-7,14-15H,8-13H2,1-3H3,(H,26,30). The van der Waals surface area contributed by atoms with Crippen LogP contribution in [0, 0.1) is 6.92 Å². The Labute approximate surface area is 187 Å². The van der Waals surface area contributed by atoms with Gasteiger partial charge in [0.15, 0.2) is 5.65 Å². The van der Waals surface area contributed by atoms with Gasteiger partial charge in [-0.1, -0.05) is 37.6 Å². The summed E-state index contributed by atoms with van der Waals surface area (Å²) >= 11 is 6.66. The van der Waals surface area contributed by atoms with Crippen LogP contribution in [0.3, 0.4) is 0 Å². The highest BCUT2D eigenvalue weighted by molar-refractivity contribution is 6.39.